The number of aryl methyl sites for hydroxylation is 1. The van der Waals surface area contributed by atoms with Crippen molar-refractivity contribution in [1.82, 2.24) is 10.3 Å². The molecule has 108 valence electrons. The van der Waals surface area contributed by atoms with Crippen molar-refractivity contribution >= 4 is 17.6 Å². The Labute approximate surface area is 117 Å². The lowest BCUT2D eigenvalue weighted by Crippen LogP contribution is -2.36. The summed E-state index contributed by atoms with van der Waals surface area (Å²) in [4.78, 5) is 27.5. The van der Waals surface area contributed by atoms with E-state index in [0.29, 0.717) is 16.9 Å². The van der Waals surface area contributed by atoms with Gasteiger partial charge in [-0.1, -0.05) is 12.8 Å². The van der Waals surface area contributed by atoms with Crippen LogP contribution in [0.4, 0.5) is 5.69 Å². The standard InChI is InChI=1S/C14H19N3O3/c1-9-12(6-10(15)7-16-9)14(19)20-8-13(18)17-11-4-2-3-5-11/h6-7,11H,2-5,8,15H2,1H3,(H,17,18). The number of aromatic nitrogens is 1. The maximum atomic E-state index is 11.9. The van der Waals surface area contributed by atoms with Crippen LogP contribution in [0.15, 0.2) is 12.3 Å². The summed E-state index contributed by atoms with van der Waals surface area (Å²) in [6.45, 7) is 1.41. The molecule has 1 saturated carbocycles. The van der Waals surface area contributed by atoms with Crippen LogP contribution in [0.1, 0.15) is 41.7 Å². The van der Waals surface area contributed by atoms with E-state index < -0.39 is 5.97 Å². The Kier molecular flexibility index (Phi) is 4.55. The molecule has 1 aromatic rings. The van der Waals surface area contributed by atoms with Crippen molar-refractivity contribution in [3.63, 3.8) is 0 Å². The van der Waals surface area contributed by atoms with E-state index in [2.05, 4.69) is 10.3 Å². The number of nitrogens with one attached hydrogen (secondary N) is 1. The summed E-state index contributed by atoms with van der Waals surface area (Å²) in [5, 5.41) is 2.86. The van der Waals surface area contributed by atoms with Crippen LogP contribution in [0.3, 0.4) is 0 Å². The van der Waals surface area contributed by atoms with E-state index in [1.165, 1.54) is 12.3 Å². The van der Waals surface area contributed by atoms with Gasteiger partial charge in [0.15, 0.2) is 6.61 Å². The summed E-state index contributed by atoms with van der Waals surface area (Å²) in [5.41, 5.74) is 6.79. The second-order valence-electron chi connectivity index (χ2n) is 5.03. The lowest BCUT2D eigenvalue weighted by Gasteiger charge is -2.12. The molecule has 1 heterocycles. The Bertz CT molecular complexity index is 510. The van der Waals surface area contributed by atoms with Gasteiger partial charge in [0, 0.05) is 6.04 Å². The fourth-order valence-electron chi connectivity index (χ4n) is 2.30. The first-order chi connectivity index (χ1) is 9.56. The highest BCUT2D eigenvalue weighted by Gasteiger charge is 2.19. The average molecular weight is 277 g/mol. The molecule has 0 atom stereocenters. The van der Waals surface area contributed by atoms with E-state index in [-0.39, 0.29) is 18.6 Å². The molecule has 1 aliphatic rings. The summed E-state index contributed by atoms with van der Waals surface area (Å²) in [6.07, 6.45) is 5.74. The van der Waals surface area contributed by atoms with Gasteiger partial charge in [-0.2, -0.15) is 0 Å². The predicted molar refractivity (Wildman–Crippen MR) is 74.1 cm³/mol. The molecule has 1 fully saturated rings. The first-order valence-electron chi connectivity index (χ1n) is 6.75. The molecular formula is C14H19N3O3. The van der Waals surface area contributed by atoms with Crippen LogP contribution < -0.4 is 11.1 Å². The van der Waals surface area contributed by atoms with Crippen molar-refractivity contribution < 1.29 is 14.3 Å². The first kappa shape index (κ1) is 14.3. The molecule has 0 aromatic carbocycles. The predicted octanol–water partition coefficient (Wildman–Crippen LogP) is 1.19. The van der Waals surface area contributed by atoms with Crippen LogP contribution in [-0.4, -0.2) is 29.5 Å². The maximum Gasteiger partial charge on any atom is 0.340 e. The number of esters is 1. The van der Waals surface area contributed by atoms with Crippen molar-refractivity contribution in [2.45, 2.75) is 38.6 Å². The third-order valence-electron chi connectivity index (χ3n) is 3.38. The fourth-order valence-corrected chi connectivity index (χ4v) is 2.30. The van der Waals surface area contributed by atoms with Crippen molar-refractivity contribution in [2.75, 3.05) is 12.3 Å². The minimum Gasteiger partial charge on any atom is -0.452 e. The molecule has 6 nitrogen and oxygen atoms in total. The van der Waals surface area contributed by atoms with E-state index in [9.17, 15) is 9.59 Å². The Balaban J connectivity index is 1.85. The first-order valence-corrected chi connectivity index (χ1v) is 6.75. The van der Waals surface area contributed by atoms with Gasteiger partial charge in [-0.25, -0.2) is 4.79 Å². The van der Waals surface area contributed by atoms with Crippen LogP contribution in [0.2, 0.25) is 0 Å². The van der Waals surface area contributed by atoms with Gasteiger partial charge in [-0.05, 0) is 25.8 Å². The molecule has 0 radical (unpaired) electrons. The number of amides is 1. The Morgan fingerprint density at radius 1 is 1.45 bits per heavy atom. The van der Waals surface area contributed by atoms with Crippen LogP contribution in [0.25, 0.3) is 0 Å². The van der Waals surface area contributed by atoms with Gasteiger partial charge in [0.25, 0.3) is 5.91 Å². The van der Waals surface area contributed by atoms with E-state index in [1.54, 1.807) is 6.92 Å². The van der Waals surface area contributed by atoms with Crippen LogP contribution in [0.5, 0.6) is 0 Å². The molecule has 2 rings (SSSR count). The quantitative estimate of drug-likeness (QED) is 0.806. The normalized spacial score (nSPS) is 15.1. The van der Waals surface area contributed by atoms with E-state index in [0.717, 1.165) is 25.7 Å². The Morgan fingerprint density at radius 2 is 2.15 bits per heavy atom. The van der Waals surface area contributed by atoms with Crippen LogP contribution >= 0.6 is 0 Å². The maximum absolute atomic E-state index is 11.9. The highest BCUT2D eigenvalue weighted by atomic mass is 16.5. The molecule has 1 aliphatic carbocycles. The monoisotopic (exact) mass is 277 g/mol. The van der Waals surface area contributed by atoms with Gasteiger partial charge < -0.3 is 15.8 Å². The molecule has 0 saturated heterocycles. The van der Waals surface area contributed by atoms with Crippen molar-refractivity contribution in [3.8, 4) is 0 Å². The minimum absolute atomic E-state index is 0.219. The molecule has 6 heteroatoms. The molecule has 20 heavy (non-hydrogen) atoms. The number of nitrogen functional groups attached to an aromatic ring is 1. The number of hydrogen-bond acceptors (Lipinski definition) is 5. The molecule has 0 unspecified atom stereocenters. The summed E-state index contributed by atoms with van der Waals surface area (Å²) in [7, 11) is 0. The molecular weight excluding hydrogens is 258 g/mol. The highest BCUT2D eigenvalue weighted by molar-refractivity contribution is 5.93. The van der Waals surface area contributed by atoms with Gasteiger partial charge in [0.2, 0.25) is 0 Å². The summed E-state index contributed by atoms with van der Waals surface area (Å²) in [5.74, 6) is -0.844. The molecule has 3 N–H and O–H groups in total. The molecule has 1 amide bonds. The number of rotatable bonds is 4. The van der Waals surface area contributed by atoms with Crippen LogP contribution in [-0.2, 0) is 9.53 Å². The zero-order valence-electron chi connectivity index (χ0n) is 11.5. The van der Waals surface area contributed by atoms with Crippen molar-refractivity contribution in [2.24, 2.45) is 0 Å². The number of ether oxygens (including phenoxy) is 1. The number of anilines is 1. The molecule has 0 bridgehead atoms. The van der Waals surface area contributed by atoms with Crippen molar-refractivity contribution in [3.05, 3.63) is 23.5 Å². The smallest absolute Gasteiger partial charge is 0.340 e. The summed E-state index contributed by atoms with van der Waals surface area (Å²) >= 11 is 0. The Hall–Kier alpha value is -2.11. The number of hydrogen-bond donors (Lipinski definition) is 2. The van der Waals surface area contributed by atoms with Gasteiger partial charge in [-0.3, -0.25) is 9.78 Å². The topological polar surface area (TPSA) is 94.3 Å². The second-order valence-corrected chi connectivity index (χ2v) is 5.03. The van der Waals surface area contributed by atoms with Crippen LogP contribution in [0, 0.1) is 6.92 Å². The van der Waals surface area contributed by atoms with E-state index in [1.807, 2.05) is 0 Å². The van der Waals surface area contributed by atoms with E-state index in [4.69, 9.17) is 10.5 Å². The summed E-state index contributed by atoms with van der Waals surface area (Å²) < 4.78 is 4.99. The lowest BCUT2D eigenvalue weighted by atomic mass is 10.2. The van der Waals surface area contributed by atoms with Gasteiger partial charge in [0.05, 0.1) is 23.1 Å². The second kappa shape index (κ2) is 6.36. The zero-order chi connectivity index (χ0) is 14.5. The SMILES string of the molecule is Cc1ncc(N)cc1C(=O)OCC(=O)NC1CCCC1. The molecule has 0 aliphatic heterocycles. The fraction of sp³-hybridized carbons (Fsp3) is 0.500. The molecule has 0 spiro atoms. The molecule has 1 aromatic heterocycles. The average Bonchev–Trinajstić information content (AvgIpc) is 2.91. The zero-order valence-corrected chi connectivity index (χ0v) is 11.5. The Morgan fingerprint density at radius 3 is 2.85 bits per heavy atom. The third-order valence-corrected chi connectivity index (χ3v) is 3.38. The van der Waals surface area contributed by atoms with E-state index >= 15 is 0 Å². The highest BCUT2D eigenvalue weighted by Crippen LogP contribution is 2.17. The minimum atomic E-state index is -0.580. The number of carbonyl (C=O) groups excluding carboxylic acids is 2. The number of nitrogens with two attached hydrogens (primary N) is 1. The number of pyridine rings is 1. The largest absolute Gasteiger partial charge is 0.452 e. The lowest BCUT2D eigenvalue weighted by molar-refractivity contribution is -0.124. The van der Waals surface area contributed by atoms with Crippen molar-refractivity contribution in [1.29, 1.82) is 0 Å². The van der Waals surface area contributed by atoms with Gasteiger partial charge in [0.1, 0.15) is 0 Å². The van der Waals surface area contributed by atoms with Gasteiger partial charge in [-0.15, -0.1) is 0 Å². The van der Waals surface area contributed by atoms with Gasteiger partial charge >= 0.3 is 5.97 Å². The number of nitrogens with zero attached hydrogens (tertiary/aromatic N) is 1. The number of carbonyl (C=O) groups is 2. The third kappa shape index (κ3) is 3.69. The summed E-state index contributed by atoms with van der Waals surface area (Å²) in [6, 6.07) is 1.72.